The molecule has 0 saturated carbocycles. The summed E-state index contributed by atoms with van der Waals surface area (Å²) in [6, 6.07) is 12.6. The maximum absolute atomic E-state index is 11.3. The van der Waals surface area contributed by atoms with Crippen molar-refractivity contribution in [2.24, 2.45) is 0 Å². The number of nitro benzene ring substituents is 1. The summed E-state index contributed by atoms with van der Waals surface area (Å²) in [7, 11) is 1.57. The van der Waals surface area contributed by atoms with Gasteiger partial charge in [0.05, 0.1) is 24.9 Å². The highest BCUT2D eigenvalue weighted by Crippen LogP contribution is 2.37. The predicted molar refractivity (Wildman–Crippen MR) is 86.4 cm³/mol. The van der Waals surface area contributed by atoms with Gasteiger partial charge in [-0.15, -0.1) is 0 Å². The Kier molecular flexibility index (Phi) is 4.05. The number of aromatic nitrogens is 2. The van der Waals surface area contributed by atoms with E-state index >= 15 is 0 Å². The molecule has 1 heterocycles. The van der Waals surface area contributed by atoms with Gasteiger partial charge in [0.1, 0.15) is 5.75 Å². The zero-order valence-electron chi connectivity index (χ0n) is 12.5. The Labute approximate surface area is 133 Å². The van der Waals surface area contributed by atoms with Crippen molar-refractivity contribution in [3.63, 3.8) is 0 Å². The van der Waals surface area contributed by atoms with Crippen molar-refractivity contribution in [3.05, 3.63) is 76.9 Å². The molecule has 0 saturated heterocycles. The number of nitro groups is 1. The Morgan fingerprint density at radius 1 is 1.26 bits per heavy atom. The van der Waals surface area contributed by atoms with Gasteiger partial charge in [0.15, 0.2) is 0 Å². The quantitative estimate of drug-likeness (QED) is 0.534. The number of nitrogens with zero attached hydrogens (tertiary/aromatic N) is 3. The summed E-state index contributed by atoms with van der Waals surface area (Å²) < 4.78 is 7.40. The van der Waals surface area contributed by atoms with E-state index in [9.17, 15) is 10.1 Å². The fraction of sp³-hybridized carbons (Fsp3) is 0.118. The Morgan fingerprint density at radius 2 is 2.04 bits per heavy atom. The molecule has 23 heavy (non-hydrogen) atoms. The minimum Gasteiger partial charge on any atom is -0.496 e. The lowest BCUT2D eigenvalue weighted by molar-refractivity contribution is -0.384. The molecular weight excluding hydrogens is 294 g/mol. The van der Waals surface area contributed by atoms with Crippen molar-refractivity contribution in [2.75, 3.05) is 7.11 Å². The molecule has 1 aromatic heterocycles. The molecule has 0 amide bonds. The van der Waals surface area contributed by atoms with Crippen molar-refractivity contribution in [3.8, 4) is 16.9 Å². The molecule has 3 rings (SSSR count). The molecule has 0 aliphatic carbocycles. The fourth-order valence-electron chi connectivity index (χ4n) is 2.55. The third-order valence-corrected chi connectivity index (χ3v) is 3.56. The van der Waals surface area contributed by atoms with Gasteiger partial charge >= 0.3 is 0 Å². The number of hydrogen-bond acceptors (Lipinski definition) is 4. The van der Waals surface area contributed by atoms with Gasteiger partial charge in [0.25, 0.3) is 5.69 Å². The summed E-state index contributed by atoms with van der Waals surface area (Å²) in [5, 5.41) is 11.3. The third-order valence-electron chi connectivity index (χ3n) is 3.56. The predicted octanol–water partition coefficient (Wildman–Crippen LogP) is 3.52. The summed E-state index contributed by atoms with van der Waals surface area (Å²) in [6.45, 7) is 0.449. The van der Waals surface area contributed by atoms with Crippen LogP contribution in [0.5, 0.6) is 5.75 Å². The highest BCUT2D eigenvalue weighted by molar-refractivity contribution is 5.75. The van der Waals surface area contributed by atoms with Gasteiger partial charge in [-0.3, -0.25) is 10.1 Å². The molecule has 0 bridgehead atoms. The van der Waals surface area contributed by atoms with E-state index in [1.54, 1.807) is 38.0 Å². The molecule has 0 N–H and O–H groups in total. The zero-order chi connectivity index (χ0) is 16.2. The second kappa shape index (κ2) is 6.31. The summed E-state index contributed by atoms with van der Waals surface area (Å²) in [5.74, 6) is 0.635. The van der Waals surface area contributed by atoms with Crippen LogP contribution in [0.4, 0.5) is 5.69 Å². The highest BCUT2D eigenvalue weighted by Gasteiger charge is 2.18. The Hall–Kier alpha value is -3.15. The largest absolute Gasteiger partial charge is 0.496 e. The van der Waals surface area contributed by atoms with Gasteiger partial charge in [-0.2, -0.15) is 0 Å². The molecule has 0 aliphatic heterocycles. The summed E-state index contributed by atoms with van der Waals surface area (Å²) in [6.07, 6.45) is 5.14. The van der Waals surface area contributed by atoms with Crippen LogP contribution in [-0.2, 0) is 6.54 Å². The summed E-state index contributed by atoms with van der Waals surface area (Å²) >= 11 is 0. The standard InChI is InChI=1S/C17H15N3O3/c1-23-17-14(11-19-8-7-18-12-19)9-15(20(21)22)10-16(17)13-5-3-2-4-6-13/h2-10,12H,11H2,1H3. The Balaban J connectivity index is 2.17. The van der Waals surface area contributed by atoms with Gasteiger partial charge in [-0.1, -0.05) is 30.3 Å². The van der Waals surface area contributed by atoms with Crippen molar-refractivity contribution < 1.29 is 9.66 Å². The second-order valence-corrected chi connectivity index (χ2v) is 5.04. The first-order chi connectivity index (χ1) is 11.2. The maximum Gasteiger partial charge on any atom is 0.270 e. The van der Waals surface area contributed by atoms with E-state index in [-0.39, 0.29) is 10.6 Å². The average molecular weight is 309 g/mol. The van der Waals surface area contributed by atoms with Crippen LogP contribution in [0.1, 0.15) is 5.56 Å². The molecule has 3 aromatic rings. The normalized spacial score (nSPS) is 10.5. The number of ether oxygens (including phenoxy) is 1. The van der Waals surface area contributed by atoms with E-state index in [0.717, 1.165) is 11.1 Å². The van der Waals surface area contributed by atoms with Crippen LogP contribution in [-0.4, -0.2) is 21.6 Å². The van der Waals surface area contributed by atoms with E-state index in [2.05, 4.69) is 4.98 Å². The molecule has 0 aliphatic rings. The van der Waals surface area contributed by atoms with Crippen molar-refractivity contribution >= 4 is 5.69 Å². The van der Waals surface area contributed by atoms with Gasteiger partial charge in [0.2, 0.25) is 0 Å². The average Bonchev–Trinajstić information content (AvgIpc) is 3.08. The molecule has 6 nitrogen and oxygen atoms in total. The maximum atomic E-state index is 11.3. The molecule has 116 valence electrons. The lowest BCUT2D eigenvalue weighted by atomic mass is 10.00. The van der Waals surface area contributed by atoms with Crippen LogP contribution in [0.25, 0.3) is 11.1 Å². The first kappa shape index (κ1) is 14.8. The minimum atomic E-state index is -0.386. The number of rotatable bonds is 5. The van der Waals surface area contributed by atoms with E-state index < -0.39 is 0 Å². The second-order valence-electron chi connectivity index (χ2n) is 5.04. The van der Waals surface area contributed by atoms with E-state index in [1.165, 1.54) is 0 Å². The zero-order valence-corrected chi connectivity index (χ0v) is 12.5. The van der Waals surface area contributed by atoms with Crippen molar-refractivity contribution in [2.45, 2.75) is 6.54 Å². The molecule has 0 atom stereocenters. The molecule has 2 aromatic carbocycles. The Bertz CT molecular complexity index is 815. The van der Waals surface area contributed by atoms with Crippen LogP contribution in [0.2, 0.25) is 0 Å². The van der Waals surface area contributed by atoms with E-state index in [4.69, 9.17) is 4.74 Å². The number of methoxy groups -OCH3 is 1. The van der Waals surface area contributed by atoms with E-state index in [0.29, 0.717) is 17.9 Å². The summed E-state index contributed by atoms with van der Waals surface area (Å²) in [5.41, 5.74) is 2.36. The lowest BCUT2D eigenvalue weighted by Gasteiger charge is -2.14. The molecule has 0 radical (unpaired) electrons. The van der Waals surface area contributed by atoms with Crippen molar-refractivity contribution in [1.29, 1.82) is 0 Å². The topological polar surface area (TPSA) is 70.2 Å². The highest BCUT2D eigenvalue weighted by atomic mass is 16.6. The first-order valence-corrected chi connectivity index (χ1v) is 7.05. The fourth-order valence-corrected chi connectivity index (χ4v) is 2.55. The van der Waals surface area contributed by atoms with Crippen LogP contribution < -0.4 is 4.74 Å². The third kappa shape index (κ3) is 3.06. The number of imidazole rings is 1. The first-order valence-electron chi connectivity index (χ1n) is 7.05. The van der Waals surface area contributed by atoms with Crippen LogP contribution in [0.3, 0.4) is 0 Å². The minimum absolute atomic E-state index is 0.0415. The van der Waals surface area contributed by atoms with Gasteiger partial charge in [0, 0.05) is 35.7 Å². The van der Waals surface area contributed by atoms with Crippen LogP contribution in [0, 0.1) is 10.1 Å². The van der Waals surface area contributed by atoms with Gasteiger partial charge in [-0.25, -0.2) is 4.98 Å². The molecular formula is C17H15N3O3. The molecule has 0 unspecified atom stereocenters. The summed E-state index contributed by atoms with van der Waals surface area (Å²) in [4.78, 5) is 14.9. The Morgan fingerprint density at radius 3 is 2.65 bits per heavy atom. The molecule has 0 spiro atoms. The number of hydrogen-bond donors (Lipinski definition) is 0. The molecule has 6 heteroatoms. The van der Waals surface area contributed by atoms with E-state index in [1.807, 2.05) is 34.9 Å². The van der Waals surface area contributed by atoms with Crippen LogP contribution >= 0.6 is 0 Å². The van der Waals surface area contributed by atoms with Gasteiger partial charge < -0.3 is 9.30 Å². The van der Waals surface area contributed by atoms with Crippen LogP contribution in [0.15, 0.2) is 61.2 Å². The number of benzene rings is 2. The SMILES string of the molecule is COc1c(Cn2ccnc2)cc([N+](=O)[O-])cc1-c1ccccc1. The number of non-ortho nitro benzene ring substituents is 1. The molecule has 0 fully saturated rings. The van der Waals surface area contributed by atoms with Crippen molar-refractivity contribution in [1.82, 2.24) is 9.55 Å². The smallest absolute Gasteiger partial charge is 0.270 e. The van der Waals surface area contributed by atoms with Gasteiger partial charge in [-0.05, 0) is 5.56 Å². The monoisotopic (exact) mass is 309 g/mol. The lowest BCUT2D eigenvalue weighted by Crippen LogP contribution is -2.03.